The topological polar surface area (TPSA) is 64.3 Å². The first-order valence-corrected chi connectivity index (χ1v) is 6.87. The van der Waals surface area contributed by atoms with Crippen LogP contribution in [0.3, 0.4) is 0 Å². The lowest BCUT2D eigenvalue weighted by Crippen LogP contribution is -2.12. The Kier molecular flexibility index (Phi) is 4.52. The number of carbonyl (C=O) groups excluding carboxylic acids is 1. The van der Waals surface area contributed by atoms with E-state index in [4.69, 9.17) is 22.1 Å². The summed E-state index contributed by atoms with van der Waals surface area (Å²) < 4.78 is 5.83. The number of nitrogens with one attached hydrogen (secondary N) is 1. The average Bonchev–Trinajstić information content (AvgIpc) is 2.40. The lowest BCUT2D eigenvalue weighted by Gasteiger charge is -2.10. The first kappa shape index (κ1) is 14.7. The molecular weight excluding hydrogens is 344 g/mol. The Labute approximate surface area is 130 Å². The van der Waals surface area contributed by atoms with E-state index in [0.29, 0.717) is 27.7 Å². The fourth-order valence-corrected chi connectivity index (χ4v) is 2.34. The van der Waals surface area contributed by atoms with Crippen LogP contribution >= 0.6 is 27.5 Å². The minimum Gasteiger partial charge on any atom is -0.497 e. The Balaban J connectivity index is 2.27. The monoisotopic (exact) mass is 354 g/mol. The van der Waals surface area contributed by atoms with Gasteiger partial charge in [-0.3, -0.25) is 4.79 Å². The summed E-state index contributed by atoms with van der Waals surface area (Å²) in [6.45, 7) is 0. The normalized spacial score (nSPS) is 10.2. The van der Waals surface area contributed by atoms with Gasteiger partial charge in [0.25, 0.3) is 5.91 Å². The van der Waals surface area contributed by atoms with E-state index >= 15 is 0 Å². The molecule has 1 amide bonds. The molecule has 2 aromatic carbocycles. The van der Waals surface area contributed by atoms with Crippen LogP contribution in [0.4, 0.5) is 11.4 Å². The molecule has 0 saturated carbocycles. The Morgan fingerprint density at radius 1 is 1.30 bits per heavy atom. The van der Waals surface area contributed by atoms with Gasteiger partial charge < -0.3 is 15.8 Å². The van der Waals surface area contributed by atoms with Gasteiger partial charge in [-0.15, -0.1) is 0 Å². The third-order valence-electron chi connectivity index (χ3n) is 2.60. The molecule has 0 aromatic heterocycles. The van der Waals surface area contributed by atoms with Gasteiger partial charge in [0.1, 0.15) is 5.75 Å². The summed E-state index contributed by atoms with van der Waals surface area (Å²) in [5.74, 6) is 0.312. The second-order valence-electron chi connectivity index (χ2n) is 4.07. The van der Waals surface area contributed by atoms with Gasteiger partial charge >= 0.3 is 0 Å². The van der Waals surface area contributed by atoms with E-state index in [-0.39, 0.29) is 5.91 Å². The van der Waals surface area contributed by atoms with Crippen LogP contribution in [-0.4, -0.2) is 13.0 Å². The van der Waals surface area contributed by atoms with Crippen LogP contribution in [0.5, 0.6) is 5.75 Å². The van der Waals surface area contributed by atoms with Crippen molar-refractivity contribution in [1.82, 2.24) is 0 Å². The summed E-state index contributed by atoms with van der Waals surface area (Å²) in [5.41, 5.74) is 7.13. The van der Waals surface area contributed by atoms with E-state index in [1.807, 2.05) is 0 Å². The molecule has 0 heterocycles. The van der Waals surface area contributed by atoms with Crippen LogP contribution in [0.15, 0.2) is 40.9 Å². The van der Waals surface area contributed by atoms with Gasteiger partial charge in [-0.1, -0.05) is 27.5 Å². The van der Waals surface area contributed by atoms with Gasteiger partial charge in [-0.2, -0.15) is 0 Å². The quantitative estimate of drug-likeness (QED) is 0.820. The molecule has 0 unspecified atom stereocenters. The lowest BCUT2D eigenvalue weighted by atomic mass is 10.2. The minimum absolute atomic E-state index is 0.298. The van der Waals surface area contributed by atoms with Gasteiger partial charge in [-0.25, -0.2) is 0 Å². The third-order valence-corrected chi connectivity index (χ3v) is 3.39. The standard InChI is InChI=1S/C14H12BrClN2O2/c1-20-11-2-3-12(16)13(7-11)18-14(19)8-4-9(15)6-10(17)5-8/h2-7H,17H2,1H3,(H,18,19). The zero-order valence-corrected chi connectivity index (χ0v) is 13.0. The Morgan fingerprint density at radius 3 is 2.70 bits per heavy atom. The highest BCUT2D eigenvalue weighted by Crippen LogP contribution is 2.27. The molecule has 3 N–H and O–H groups in total. The number of carbonyl (C=O) groups is 1. The molecule has 0 spiro atoms. The predicted molar refractivity (Wildman–Crippen MR) is 84.5 cm³/mol. The lowest BCUT2D eigenvalue weighted by molar-refractivity contribution is 0.102. The number of hydrogen-bond acceptors (Lipinski definition) is 3. The number of ether oxygens (including phenoxy) is 1. The van der Waals surface area contributed by atoms with Crippen molar-refractivity contribution in [2.45, 2.75) is 0 Å². The van der Waals surface area contributed by atoms with Gasteiger partial charge in [-0.05, 0) is 30.3 Å². The van der Waals surface area contributed by atoms with Crippen LogP contribution in [-0.2, 0) is 0 Å². The molecule has 0 aliphatic carbocycles. The van der Waals surface area contributed by atoms with E-state index in [1.54, 1.807) is 43.5 Å². The number of benzene rings is 2. The number of rotatable bonds is 3. The molecule has 0 atom stereocenters. The molecule has 4 nitrogen and oxygen atoms in total. The van der Waals surface area contributed by atoms with Gasteiger partial charge in [0.05, 0.1) is 17.8 Å². The Bertz CT molecular complexity index is 641. The van der Waals surface area contributed by atoms with E-state index in [9.17, 15) is 4.79 Å². The average molecular weight is 356 g/mol. The Hall–Kier alpha value is -1.72. The largest absolute Gasteiger partial charge is 0.497 e. The van der Waals surface area contributed by atoms with Crippen molar-refractivity contribution < 1.29 is 9.53 Å². The van der Waals surface area contributed by atoms with Crippen molar-refractivity contribution in [1.29, 1.82) is 0 Å². The van der Waals surface area contributed by atoms with Crippen molar-refractivity contribution >= 4 is 44.8 Å². The number of hydrogen-bond donors (Lipinski definition) is 2. The van der Waals surface area contributed by atoms with E-state index in [1.165, 1.54) is 0 Å². The highest BCUT2D eigenvalue weighted by atomic mass is 79.9. The summed E-state index contributed by atoms with van der Waals surface area (Å²) in [6, 6.07) is 10.0. The van der Waals surface area contributed by atoms with Crippen LogP contribution in [0.25, 0.3) is 0 Å². The van der Waals surface area contributed by atoms with E-state index < -0.39 is 0 Å². The highest BCUT2D eigenvalue weighted by molar-refractivity contribution is 9.10. The molecular formula is C14H12BrClN2O2. The molecule has 0 aliphatic heterocycles. The molecule has 0 aliphatic rings. The minimum atomic E-state index is -0.298. The second-order valence-corrected chi connectivity index (χ2v) is 5.40. The molecule has 6 heteroatoms. The fourth-order valence-electron chi connectivity index (χ4n) is 1.67. The number of amides is 1. The second kappa shape index (κ2) is 6.15. The molecule has 2 aromatic rings. The van der Waals surface area contributed by atoms with Crippen LogP contribution in [0, 0.1) is 0 Å². The summed E-state index contributed by atoms with van der Waals surface area (Å²) in [4.78, 5) is 12.2. The maximum Gasteiger partial charge on any atom is 0.255 e. The molecule has 104 valence electrons. The van der Waals surface area contributed by atoms with Crippen LogP contribution < -0.4 is 15.8 Å². The van der Waals surface area contributed by atoms with E-state index in [0.717, 1.165) is 4.47 Å². The maximum atomic E-state index is 12.2. The number of methoxy groups -OCH3 is 1. The zero-order chi connectivity index (χ0) is 14.7. The Morgan fingerprint density at radius 2 is 2.05 bits per heavy atom. The van der Waals surface area contributed by atoms with Crippen molar-refractivity contribution in [2.24, 2.45) is 0 Å². The SMILES string of the molecule is COc1ccc(Cl)c(NC(=O)c2cc(N)cc(Br)c2)c1. The van der Waals surface area contributed by atoms with Gasteiger partial charge in [0.15, 0.2) is 0 Å². The first-order valence-electron chi connectivity index (χ1n) is 5.70. The maximum absolute atomic E-state index is 12.2. The third kappa shape index (κ3) is 3.43. The van der Waals surface area contributed by atoms with Crippen molar-refractivity contribution in [3.05, 3.63) is 51.5 Å². The number of halogens is 2. The summed E-state index contributed by atoms with van der Waals surface area (Å²) in [7, 11) is 1.55. The highest BCUT2D eigenvalue weighted by Gasteiger charge is 2.10. The molecule has 0 saturated heterocycles. The van der Waals surface area contributed by atoms with Crippen molar-refractivity contribution in [2.75, 3.05) is 18.2 Å². The number of anilines is 2. The number of nitrogens with two attached hydrogens (primary N) is 1. The first-order chi connectivity index (χ1) is 9.49. The van der Waals surface area contributed by atoms with Crippen molar-refractivity contribution in [3.8, 4) is 5.75 Å². The fraction of sp³-hybridized carbons (Fsp3) is 0.0714. The molecule has 20 heavy (non-hydrogen) atoms. The smallest absolute Gasteiger partial charge is 0.255 e. The van der Waals surface area contributed by atoms with Crippen LogP contribution in [0.2, 0.25) is 5.02 Å². The molecule has 0 fully saturated rings. The number of nitrogen functional groups attached to an aromatic ring is 1. The molecule has 0 bridgehead atoms. The molecule has 2 rings (SSSR count). The summed E-state index contributed by atoms with van der Waals surface area (Å²) >= 11 is 9.34. The van der Waals surface area contributed by atoms with Crippen molar-refractivity contribution in [3.63, 3.8) is 0 Å². The van der Waals surface area contributed by atoms with Crippen LogP contribution in [0.1, 0.15) is 10.4 Å². The summed E-state index contributed by atoms with van der Waals surface area (Å²) in [6.07, 6.45) is 0. The van der Waals surface area contributed by atoms with E-state index in [2.05, 4.69) is 21.2 Å². The van der Waals surface area contributed by atoms with Gasteiger partial charge in [0.2, 0.25) is 0 Å². The zero-order valence-electron chi connectivity index (χ0n) is 10.6. The van der Waals surface area contributed by atoms with Gasteiger partial charge in [0, 0.05) is 21.8 Å². The molecule has 0 radical (unpaired) electrons. The predicted octanol–water partition coefficient (Wildman–Crippen LogP) is 3.95. The summed E-state index contributed by atoms with van der Waals surface area (Å²) in [5, 5.41) is 3.16.